The summed E-state index contributed by atoms with van der Waals surface area (Å²) in [6.45, 7) is 1.78. The largest absolute Gasteiger partial charge is 0.465 e. The third-order valence-corrected chi connectivity index (χ3v) is 2.26. The molecule has 0 heterocycles. The average molecular weight is 276 g/mol. The fraction of sp³-hybridized carbons (Fsp3) is 0.273. The Hall–Kier alpha value is -1.26. The number of ether oxygens (including phenoxy) is 1. The van der Waals surface area contributed by atoms with Gasteiger partial charge in [-0.15, -0.1) is 0 Å². The lowest BCUT2D eigenvalue weighted by atomic mass is 10.2. The Labute approximate surface area is 109 Å². The van der Waals surface area contributed by atoms with Crippen molar-refractivity contribution in [1.82, 2.24) is 5.32 Å². The van der Waals surface area contributed by atoms with E-state index in [2.05, 4.69) is 10.1 Å². The molecule has 0 saturated heterocycles. The van der Waals surface area contributed by atoms with Crippen LogP contribution in [0.15, 0.2) is 18.2 Å². The van der Waals surface area contributed by atoms with Crippen LogP contribution in [0.1, 0.15) is 17.3 Å². The molecular weight excluding hydrogens is 265 g/mol. The molecule has 17 heavy (non-hydrogen) atoms. The van der Waals surface area contributed by atoms with Crippen molar-refractivity contribution in [2.24, 2.45) is 0 Å². The molecule has 1 amide bonds. The molecule has 1 N–H and O–H groups in total. The van der Waals surface area contributed by atoms with E-state index < -0.39 is 11.9 Å². The second kappa shape index (κ2) is 6.47. The summed E-state index contributed by atoms with van der Waals surface area (Å²) >= 11 is 11.5. The van der Waals surface area contributed by atoms with Gasteiger partial charge < -0.3 is 10.1 Å². The summed E-state index contributed by atoms with van der Waals surface area (Å²) < 4.78 is 4.67. The molecule has 1 aromatic rings. The summed E-state index contributed by atoms with van der Waals surface area (Å²) in [5, 5.41) is 3.13. The summed E-state index contributed by atoms with van der Waals surface area (Å²) in [6.07, 6.45) is 0. The fourth-order valence-electron chi connectivity index (χ4n) is 1.15. The van der Waals surface area contributed by atoms with Crippen molar-refractivity contribution in [3.8, 4) is 0 Å². The van der Waals surface area contributed by atoms with Crippen molar-refractivity contribution in [2.75, 3.05) is 13.2 Å². The maximum absolute atomic E-state index is 11.6. The molecule has 0 aliphatic carbocycles. The Balaban J connectivity index is 2.61. The minimum atomic E-state index is -0.492. The van der Waals surface area contributed by atoms with Crippen LogP contribution in [0.2, 0.25) is 10.0 Å². The highest BCUT2D eigenvalue weighted by atomic mass is 35.5. The second-order valence-corrected chi connectivity index (χ2v) is 4.02. The molecule has 4 nitrogen and oxygen atoms in total. The molecule has 0 unspecified atom stereocenters. The number of amides is 1. The number of hydrogen-bond acceptors (Lipinski definition) is 3. The molecule has 0 aliphatic rings. The van der Waals surface area contributed by atoms with Crippen LogP contribution in [-0.2, 0) is 9.53 Å². The van der Waals surface area contributed by atoms with Crippen molar-refractivity contribution in [1.29, 1.82) is 0 Å². The molecule has 0 radical (unpaired) electrons. The number of hydrogen-bond donors (Lipinski definition) is 1. The molecule has 0 saturated carbocycles. The normalized spacial score (nSPS) is 9.82. The highest BCUT2D eigenvalue weighted by molar-refractivity contribution is 6.35. The Morgan fingerprint density at radius 1 is 1.24 bits per heavy atom. The van der Waals surface area contributed by atoms with Gasteiger partial charge in [0.25, 0.3) is 5.91 Å². The lowest BCUT2D eigenvalue weighted by Crippen LogP contribution is -2.30. The zero-order chi connectivity index (χ0) is 12.8. The topological polar surface area (TPSA) is 55.4 Å². The summed E-state index contributed by atoms with van der Waals surface area (Å²) in [7, 11) is 0. The van der Waals surface area contributed by atoms with Crippen molar-refractivity contribution >= 4 is 35.1 Å². The van der Waals surface area contributed by atoms with Gasteiger partial charge in [-0.25, -0.2) is 0 Å². The average Bonchev–Trinajstić information content (AvgIpc) is 2.25. The minimum Gasteiger partial charge on any atom is -0.465 e. The first-order valence-corrected chi connectivity index (χ1v) is 5.68. The smallest absolute Gasteiger partial charge is 0.325 e. The SMILES string of the molecule is CCOC(=O)CNC(=O)c1cc(Cl)cc(Cl)c1. The van der Waals surface area contributed by atoms with Gasteiger partial charge in [-0.2, -0.15) is 0 Å². The van der Waals surface area contributed by atoms with E-state index in [1.807, 2.05) is 0 Å². The third-order valence-electron chi connectivity index (χ3n) is 1.82. The van der Waals surface area contributed by atoms with Crippen LogP contribution in [0.25, 0.3) is 0 Å². The van der Waals surface area contributed by atoms with Crippen LogP contribution in [0, 0.1) is 0 Å². The van der Waals surface area contributed by atoms with Crippen molar-refractivity contribution in [2.45, 2.75) is 6.92 Å². The number of halogens is 2. The van der Waals surface area contributed by atoms with Crippen LogP contribution >= 0.6 is 23.2 Å². The Kier molecular flexibility index (Phi) is 5.25. The maximum atomic E-state index is 11.6. The fourth-order valence-corrected chi connectivity index (χ4v) is 1.68. The van der Waals surface area contributed by atoms with E-state index in [1.165, 1.54) is 18.2 Å². The van der Waals surface area contributed by atoms with Crippen LogP contribution < -0.4 is 5.32 Å². The van der Waals surface area contributed by atoms with Crippen molar-refractivity contribution in [3.63, 3.8) is 0 Å². The van der Waals surface area contributed by atoms with Crippen LogP contribution in [0.5, 0.6) is 0 Å². The number of carbonyl (C=O) groups is 2. The molecule has 0 fully saturated rings. The van der Waals surface area contributed by atoms with E-state index in [-0.39, 0.29) is 13.2 Å². The van der Waals surface area contributed by atoms with Crippen LogP contribution in [0.3, 0.4) is 0 Å². The second-order valence-electron chi connectivity index (χ2n) is 3.15. The first kappa shape index (κ1) is 13.8. The van der Waals surface area contributed by atoms with E-state index in [9.17, 15) is 9.59 Å². The predicted octanol–water partition coefficient (Wildman–Crippen LogP) is 2.29. The molecule has 6 heteroatoms. The summed E-state index contributed by atoms with van der Waals surface area (Å²) in [6, 6.07) is 4.45. The molecular formula is C11H11Cl2NO3. The van der Waals surface area contributed by atoms with E-state index in [4.69, 9.17) is 23.2 Å². The van der Waals surface area contributed by atoms with Gasteiger partial charge in [0.15, 0.2) is 0 Å². The number of nitrogens with one attached hydrogen (secondary N) is 1. The van der Waals surface area contributed by atoms with Gasteiger partial charge in [0.05, 0.1) is 6.61 Å². The van der Waals surface area contributed by atoms with E-state index in [0.29, 0.717) is 15.6 Å². The van der Waals surface area contributed by atoms with Crippen molar-refractivity contribution in [3.05, 3.63) is 33.8 Å². The van der Waals surface area contributed by atoms with E-state index in [1.54, 1.807) is 6.92 Å². The van der Waals surface area contributed by atoms with E-state index in [0.717, 1.165) is 0 Å². The number of rotatable bonds is 4. The Bertz CT molecular complexity index is 414. The van der Waals surface area contributed by atoms with Crippen molar-refractivity contribution < 1.29 is 14.3 Å². The lowest BCUT2D eigenvalue weighted by Gasteiger charge is -2.05. The molecule has 0 aromatic heterocycles. The van der Waals surface area contributed by atoms with Gasteiger partial charge >= 0.3 is 5.97 Å². The van der Waals surface area contributed by atoms with E-state index >= 15 is 0 Å². The Morgan fingerprint density at radius 3 is 2.35 bits per heavy atom. The Morgan fingerprint density at radius 2 is 1.82 bits per heavy atom. The zero-order valence-corrected chi connectivity index (χ0v) is 10.6. The number of carbonyl (C=O) groups excluding carboxylic acids is 2. The van der Waals surface area contributed by atoms with Crippen LogP contribution in [0.4, 0.5) is 0 Å². The van der Waals surface area contributed by atoms with Gasteiger partial charge in [0.1, 0.15) is 6.54 Å². The lowest BCUT2D eigenvalue weighted by molar-refractivity contribution is -0.141. The van der Waals surface area contributed by atoms with Gasteiger partial charge in [-0.3, -0.25) is 9.59 Å². The zero-order valence-electron chi connectivity index (χ0n) is 9.13. The highest BCUT2D eigenvalue weighted by Gasteiger charge is 2.09. The molecule has 0 spiro atoms. The maximum Gasteiger partial charge on any atom is 0.325 e. The molecule has 0 bridgehead atoms. The minimum absolute atomic E-state index is 0.184. The standard InChI is InChI=1S/C11H11Cl2NO3/c1-2-17-10(15)6-14-11(16)7-3-8(12)5-9(13)4-7/h3-5H,2,6H2,1H3,(H,14,16). The quantitative estimate of drug-likeness (QED) is 0.858. The third kappa shape index (κ3) is 4.63. The molecule has 0 atom stereocenters. The van der Waals surface area contributed by atoms with Crippen LogP contribution in [-0.4, -0.2) is 25.0 Å². The first-order valence-electron chi connectivity index (χ1n) is 4.93. The summed E-state index contributed by atoms with van der Waals surface area (Å²) in [4.78, 5) is 22.6. The number of esters is 1. The number of benzene rings is 1. The van der Waals surface area contributed by atoms with Gasteiger partial charge in [-0.05, 0) is 25.1 Å². The molecule has 0 aliphatic heterocycles. The molecule has 1 aromatic carbocycles. The monoisotopic (exact) mass is 275 g/mol. The summed E-state index contributed by atoms with van der Waals surface area (Å²) in [5.74, 6) is -0.920. The predicted molar refractivity (Wildman–Crippen MR) is 65.4 cm³/mol. The first-order chi connectivity index (χ1) is 8.02. The molecule has 92 valence electrons. The highest BCUT2D eigenvalue weighted by Crippen LogP contribution is 2.18. The van der Waals surface area contributed by atoms with Gasteiger partial charge in [-0.1, -0.05) is 23.2 Å². The summed E-state index contributed by atoms with van der Waals surface area (Å²) in [5.41, 5.74) is 0.298. The van der Waals surface area contributed by atoms with Gasteiger partial charge in [0, 0.05) is 15.6 Å². The molecule has 1 rings (SSSR count). The van der Waals surface area contributed by atoms with Gasteiger partial charge in [0.2, 0.25) is 0 Å².